The van der Waals surface area contributed by atoms with Gasteiger partial charge < -0.3 is 0 Å². The molecular weight excluding hydrogens is 156 g/mol. The SMILES string of the molecule is [C]1CC=CC2c3ccccc3CC12. The van der Waals surface area contributed by atoms with Crippen LogP contribution in [-0.2, 0) is 6.42 Å². The van der Waals surface area contributed by atoms with Crippen molar-refractivity contribution in [2.24, 2.45) is 5.92 Å². The lowest BCUT2D eigenvalue weighted by atomic mass is 9.85. The molecule has 1 aromatic rings. The van der Waals surface area contributed by atoms with Gasteiger partial charge in [0.15, 0.2) is 0 Å². The monoisotopic (exact) mass is 168 g/mol. The number of hydrogen-bond acceptors (Lipinski definition) is 0. The average molecular weight is 168 g/mol. The molecule has 0 fully saturated rings. The molecule has 0 saturated carbocycles. The van der Waals surface area contributed by atoms with Crippen molar-refractivity contribution in [3.63, 3.8) is 0 Å². The molecule has 0 saturated heterocycles. The summed E-state index contributed by atoms with van der Waals surface area (Å²) in [5.41, 5.74) is 3.05. The minimum atomic E-state index is 0.630. The Morgan fingerprint density at radius 2 is 2.15 bits per heavy atom. The van der Waals surface area contributed by atoms with Crippen molar-refractivity contribution in [3.8, 4) is 0 Å². The van der Waals surface area contributed by atoms with Crippen molar-refractivity contribution in [2.45, 2.75) is 18.8 Å². The molecule has 3 rings (SSSR count). The molecule has 0 nitrogen and oxygen atoms in total. The fourth-order valence-electron chi connectivity index (χ4n) is 2.50. The van der Waals surface area contributed by atoms with Gasteiger partial charge in [-0.3, -0.25) is 0 Å². The highest BCUT2D eigenvalue weighted by Gasteiger charge is 2.31. The summed E-state index contributed by atoms with van der Waals surface area (Å²) >= 11 is 0. The Morgan fingerprint density at radius 3 is 3.15 bits per heavy atom. The quantitative estimate of drug-likeness (QED) is 0.522. The third-order valence-electron chi connectivity index (χ3n) is 3.13. The highest BCUT2D eigenvalue weighted by Crippen LogP contribution is 2.42. The molecule has 1 aromatic carbocycles. The highest BCUT2D eigenvalue weighted by atomic mass is 14.3. The maximum atomic E-state index is 3.54. The van der Waals surface area contributed by atoms with Gasteiger partial charge in [-0.15, -0.1) is 0 Å². The summed E-state index contributed by atoms with van der Waals surface area (Å²) in [5, 5.41) is 0. The molecule has 2 aliphatic rings. The van der Waals surface area contributed by atoms with E-state index in [1.165, 1.54) is 17.5 Å². The van der Waals surface area contributed by atoms with Crippen LogP contribution in [0.25, 0.3) is 0 Å². The van der Waals surface area contributed by atoms with E-state index in [9.17, 15) is 0 Å². The Labute approximate surface area is 79.3 Å². The van der Waals surface area contributed by atoms with Crippen molar-refractivity contribution in [3.05, 3.63) is 54.0 Å². The molecule has 0 heterocycles. The first-order valence-electron chi connectivity index (χ1n) is 4.93. The minimum absolute atomic E-state index is 0.630. The van der Waals surface area contributed by atoms with Crippen LogP contribution in [-0.4, -0.2) is 0 Å². The zero-order chi connectivity index (χ0) is 8.67. The van der Waals surface area contributed by atoms with Crippen molar-refractivity contribution in [1.82, 2.24) is 0 Å². The molecule has 64 valence electrons. The molecule has 2 atom stereocenters. The van der Waals surface area contributed by atoms with Crippen LogP contribution < -0.4 is 0 Å². The molecule has 0 aromatic heterocycles. The van der Waals surface area contributed by atoms with Crippen molar-refractivity contribution in [2.75, 3.05) is 0 Å². The lowest BCUT2D eigenvalue weighted by molar-refractivity contribution is 0.563. The van der Waals surface area contributed by atoms with Gasteiger partial charge in [0.2, 0.25) is 0 Å². The molecule has 0 spiro atoms. The number of allylic oxidation sites excluding steroid dienone is 2. The number of rotatable bonds is 0. The van der Waals surface area contributed by atoms with Crippen LogP contribution in [0.1, 0.15) is 23.5 Å². The maximum Gasteiger partial charge on any atom is 0.00580 e. The normalized spacial score (nSPS) is 29.8. The Balaban J connectivity index is 2.09. The summed E-state index contributed by atoms with van der Waals surface area (Å²) in [6.07, 6.45) is 10.4. The van der Waals surface area contributed by atoms with Gasteiger partial charge in [0.05, 0.1) is 0 Å². The predicted octanol–water partition coefficient (Wildman–Crippen LogP) is 2.98. The van der Waals surface area contributed by atoms with Gasteiger partial charge in [-0.05, 0) is 36.3 Å². The van der Waals surface area contributed by atoms with E-state index in [-0.39, 0.29) is 0 Å². The van der Waals surface area contributed by atoms with Crippen LogP contribution >= 0.6 is 0 Å². The van der Waals surface area contributed by atoms with E-state index in [1.807, 2.05) is 0 Å². The zero-order valence-corrected chi connectivity index (χ0v) is 7.53. The fraction of sp³-hybridized carbons (Fsp3) is 0.308. The van der Waals surface area contributed by atoms with E-state index in [2.05, 4.69) is 42.8 Å². The second kappa shape index (κ2) is 2.73. The summed E-state index contributed by atoms with van der Waals surface area (Å²) in [7, 11) is 0. The zero-order valence-electron chi connectivity index (χ0n) is 7.53. The van der Waals surface area contributed by atoms with Crippen molar-refractivity contribution < 1.29 is 0 Å². The molecule has 2 radical (unpaired) electrons. The lowest BCUT2D eigenvalue weighted by Gasteiger charge is -2.19. The smallest absolute Gasteiger partial charge is 0.00580 e. The predicted molar refractivity (Wildman–Crippen MR) is 53.4 cm³/mol. The summed E-state index contributed by atoms with van der Waals surface area (Å²) in [4.78, 5) is 0. The first-order chi connectivity index (χ1) is 6.45. The van der Waals surface area contributed by atoms with E-state index in [1.54, 1.807) is 0 Å². The van der Waals surface area contributed by atoms with Crippen LogP contribution in [0, 0.1) is 12.3 Å². The topological polar surface area (TPSA) is 0 Å². The van der Waals surface area contributed by atoms with Crippen molar-refractivity contribution >= 4 is 0 Å². The first-order valence-corrected chi connectivity index (χ1v) is 4.93. The fourth-order valence-corrected chi connectivity index (χ4v) is 2.50. The molecule has 0 heteroatoms. The van der Waals surface area contributed by atoms with Gasteiger partial charge in [-0.25, -0.2) is 0 Å². The van der Waals surface area contributed by atoms with E-state index >= 15 is 0 Å². The molecule has 0 amide bonds. The summed E-state index contributed by atoms with van der Waals surface area (Å²) < 4.78 is 0. The van der Waals surface area contributed by atoms with E-state index in [0.717, 1.165) is 6.42 Å². The third-order valence-corrected chi connectivity index (χ3v) is 3.13. The van der Waals surface area contributed by atoms with Crippen molar-refractivity contribution in [1.29, 1.82) is 0 Å². The highest BCUT2D eigenvalue weighted by molar-refractivity contribution is 5.41. The van der Waals surface area contributed by atoms with E-state index < -0.39 is 0 Å². The van der Waals surface area contributed by atoms with Gasteiger partial charge >= 0.3 is 0 Å². The Bertz CT molecular complexity index is 349. The average Bonchev–Trinajstić information content (AvgIpc) is 2.56. The standard InChI is InChI=1S/C13H12/c1-3-7-12-10(5-1)9-11-6-2-4-8-13(11)12/h1,3-5,7-8,11,13H,2,9H2. The number of fused-ring (bicyclic) bond motifs is 3. The van der Waals surface area contributed by atoms with Crippen LogP contribution in [0.2, 0.25) is 0 Å². The third kappa shape index (κ3) is 1.05. The Hall–Kier alpha value is -1.04. The van der Waals surface area contributed by atoms with Gasteiger partial charge in [0.25, 0.3) is 0 Å². The Kier molecular flexibility index (Phi) is 1.55. The molecule has 0 bridgehead atoms. The van der Waals surface area contributed by atoms with Gasteiger partial charge in [-0.1, -0.05) is 36.4 Å². The number of benzene rings is 1. The molecule has 0 N–H and O–H groups in total. The maximum absolute atomic E-state index is 3.54. The summed E-state index contributed by atoms with van der Waals surface area (Å²) in [5.74, 6) is 1.28. The molecule has 2 unspecified atom stereocenters. The van der Waals surface area contributed by atoms with Crippen LogP contribution in [0.3, 0.4) is 0 Å². The van der Waals surface area contributed by atoms with Crippen LogP contribution in [0.4, 0.5) is 0 Å². The molecular formula is C13H12. The molecule has 2 aliphatic carbocycles. The van der Waals surface area contributed by atoms with E-state index in [4.69, 9.17) is 0 Å². The second-order valence-electron chi connectivity index (χ2n) is 3.87. The number of hydrogen-bond donors (Lipinski definition) is 0. The van der Waals surface area contributed by atoms with Gasteiger partial charge in [0, 0.05) is 5.92 Å². The lowest BCUT2D eigenvalue weighted by Crippen LogP contribution is -2.09. The molecule has 0 aliphatic heterocycles. The first kappa shape index (κ1) is 7.37. The van der Waals surface area contributed by atoms with Gasteiger partial charge in [-0.2, -0.15) is 0 Å². The largest absolute Gasteiger partial charge is 0.0873 e. The minimum Gasteiger partial charge on any atom is -0.0873 e. The summed E-state index contributed by atoms with van der Waals surface area (Å²) in [6, 6.07) is 8.80. The second-order valence-corrected chi connectivity index (χ2v) is 3.87. The Morgan fingerprint density at radius 1 is 1.23 bits per heavy atom. The van der Waals surface area contributed by atoms with Crippen LogP contribution in [0.5, 0.6) is 0 Å². The molecule has 13 heavy (non-hydrogen) atoms. The summed E-state index contributed by atoms with van der Waals surface area (Å²) in [6.45, 7) is 0. The van der Waals surface area contributed by atoms with Crippen LogP contribution in [0.15, 0.2) is 36.4 Å². The van der Waals surface area contributed by atoms with Gasteiger partial charge in [0.1, 0.15) is 0 Å². The van der Waals surface area contributed by atoms with E-state index in [0.29, 0.717) is 11.8 Å².